The van der Waals surface area contributed by atoms with Crippen LogP contribution in [0.5, 0.6) is 5.75 Å². The normalized spacial score (nSPS) is 37.1. The monoisotopic (exact) mass is 385 g/mol. The molecule has 1 aromatic rings. The third-order valence-electron chi connectivity index (χ3n) is 8.12. The lowest BCUT2D eigenvalue weighted by molar-refractivity contribution is -0.177. The fourth-order valence-corrected chi connectivity index (χ4v) is 6.59. The number of nitrogens with zero attached hydrogens (tertiary/aromatic N) is 1. The number of methoxy groups -OCH3 is 1. The highest BCUT2D eigenvalue weighted by Gasteiger charge is 2.64. The number of aliphatic hydroxyl groups is 1. The van der Waals surface area contributed by atoms with Crippen LogP contribution < -0.4 is 4.74 Å². The van der Waals surface area contributed by atoms with Gasteiger partial charge in [0.25, 0.3) is 0 Å². The average molecular weight is 386 g/mol. The molecule has 0 amide bonds. The molecule has 2 saturated carbocycles. The summed E-state index contributed by atoms with van der Waals surface area (Å²) in [5, 5.41) is 21.6. The minimum absolute atomic E-state index is 0.130. The van der Waals surface area contributed by atoms with Crippen LogP contribution in [0.15, 0.2) is 18.2 Å². The van der Waals surface area contributed by atoms with E-state index in [1.807, 2.05) is 6.07 Å². The van der Waals surface area contributed by atoms with Crippen LogP contribution in [0.3, 0.4) is 0 Å². The van der Waals surface area contributed by atoms with Gasteiger partial charge in [0.1, 0.15) is 5.75 Å². The topological polar surface area (TPSA) is 70.0 Å². The number of rotatable bonds is 5. The van der Waals surface area contributed by atoms with Crippen molar-refractivity contribution in [3.8, 4) is 5.75 Å². The lowest BCUT2D eigenvalue weighted by Gasteiger charge is -2.65. The third-order valence-corrected chi connectivity index (χ3v) is 8.12. The molecule has 4 aliphatic rings. The number of carbonyl (C=O) groups is 1. The van der Waals surface area contributed by atoms with Crippen LogP contribution in [0.1, 0.15) is 56.1 Å². The van der Waals surface area contributed by atoms with Crippen LogP contribution in [-0.4, -0.2) is 52.9 Å². The molecule has 2 bridgehead atoms. The number of aliphatic carboxylic acids is 1. The molecule has 0 spiro atoms. The van der Waals surface area contributed by atoms with Gasteiger partial charge in [0, 0.05) is 24.4 Å². The molecule has 2 N–H and O–H groups in total. The maximum absolute atomic E-state index is 12.2. The molecule has 3 fully saturated rings. The van der Waals surface area contributed by atoms with Crippen LogP contribution in [0, 0.1) is 11.8 Å². The predicted molar refractivity (Wildman–Crippen MR) is 106 cm³/mol. The van der Waals surface area contributed by atoms with Gasteiger partial charge in [-0.05, 0) is 86.6 Å². The molecule has 1 heterocycles. The Kier molecular flexibility index (Phi) is 4.25. The number of ether oxygens (including phenoxy) is 1. The highest BCUT2D eigenvalue weighted by molar-refractivity contribution is 5.67. The lowest BCUT2D eigenvalue weighted by Crippen LogP contribution is -2.73. The zero-order valence-corrected chi connectivity index (χ0v) is 16.7. The van der Waals surface area contributed by atoms with E-state index >= 15 is 0 Å². The Balaban J connectivity index is 1.59. The van der Waals surface area contributed by atoms with Gasteiger partial charge in [-0.1, -0.05) is 6.07 Å². The number of likely N-dealkylation sites (tertiary alicyclic amines) is 1. The Morgan fingerprint density at radius 1 is 1.25 bits per heavy atom. The third kappa shape index (κ3) is 2.70. The summed E-state index contributed by atoms with van der Waals surface area (Å²) in [6, 6.07) is 6.46. The molecule has 1 aliphatic heterocycles. The van der Waals surface area contributed by atoms with Crippen molar-refractivity contribution >= 4 is 5.97 Å². The summed E-state index contributed by atoms with van der Waals surface area (Å²) in [5.74, 6) is 1.04. The van der Waals surface area contributed by atoms with E-state index in [-0.39, 0.29) is 23.8 Å². The van der Waals surface area contributed by atoms with Gasteiger partial charge in [0.05, 0.1) is 12.7 Å². The summed E-state index contributed by atoms with van der Waals surface area (Å²) in [6.07, 6.45) is 6.90. The van der Waals surface area contributed by atoms with Gasteiger partial charge in [-0.15, -0.1) is 0 Å². The van der Waals surface area contributed by atoms with Crippen LogP contribution >= 0.6 is 0 Å². The highest BCUT2D eigenvalue weighted by atomic mass is 16.5. The summed E-state index contributed by atoms with van der Waals surface area (Å²) >= 11 is 0. The first-order chi connectivity index (χ1) is 13.4. The van der Waals surface area contributed by atoms with E-state index in [1.54, 1.807) is 7.11 Å². The van der Waals surface area contributed by atoms with Crippen molar-refractivity contribution in [1.82, 2.24) is 4.90 Å². The number of fused-ring (bicyclic) bond motifs is 1. The quantitative estimate of drug-likeness (QED) is 0.815. The smallest absolute Gasteiger partial charge is 0.303 e. The standard InChI is InChI=1S/C23H31NO4/c1-28-18-5-4-17-11-20-23(27)7-6-16(10-21(25)26)13-22(23,19(17)12-18)8-9-24(20)14-15-2-3-15/h4-5,12,15-16,20,27H,2-3,6-11,13-14H2,1H3,(H,25,26). The van der Waals surface area contributed by atoms with Crippen LogP contribution in [-0.2, 0) is 16.6 Å². The van der Waals surface area contributed by atoms with Gasteiger partial charge >= 0.3 is 5.97 Å². The molecule has 3 aliphatic carbocycles. The SMILES string of the molecule is COc1ccc2c(c1)C13CCN(CC4CC4)C(C2)C1(O)CCC(CC(=O)O)C3. The zero-order chi connectivity index (χ0) is 19.5. The fraction of sp³-hybridized carbons (Fsp3) is 0.696. The van der Waals surface area contributed by atoms with Crippen molar-refractivity contribution in [3.05, 3.63) is 29.3 Å². The maximum Gasteiger partial charge on any atom is 0.303 e. The number of benzene rings is 1. The highest BCUT2D eigenvalue weighted by Crippen LogP contribution is 2.60. The number of hydrogen-bond donors (Lipinski definition) is 2. The Morgan fingerprint density at radius 3 is 2.79 bits per heavy atom. The fourth-order valence-electron chi connectivity index (χ4n) is 6.59. The average Bonchev–Trinajstić information content (AvgIpc) is 3.48. The van der Waals surface area contributed by atoms with E-state index in [2.05, 4.69) is 17.0 Å². The summed E-state index contributed by atoms with van der Waals surface area (Å²) in [4.78, 5) is 14.0. The van der Waals surface area contributed by atoms with Crippen molar-refractivity contribution < 1.29 is 19.7 Å². The second-order valence-electron chi connectivity index (χ2n) is 9.64. The molecule has 4 unspecified atom stereocenters. The van der Waals surface area contributed by atoms with Crippen molar-refractivity contribution in [3.63, 3.8) is 0 Å². The zero-order valence-electron chi connectivity index (χ0n) is 16.7. The van der Waals surface area contributed by atoms with E-state index in [1.165, 1.54) is 24.0 Å². The molecule has 0 aromatic heterocycles. The first kappa shape index (κ1) is 18.4. The summed E-state index contributed by atoms with van der Waals surface area (Å²) < 4.78 is 5.51. The summed E-state index contributed by atoms with van der Waals surface area (Å²) in [6.45, 7) is 2.10. The molecule has 0 radical (unpaired) electrons. The van der Waals surface area contributed by atoms with Gasteiger partial charge in [-0.3, -0.25) is 9.69 Å². The van der Waals surface area contributed by atoms with Crippen molar-refractivity contribution in [2.45, 2.75) is 68.4 Å². The van der Waals surface area contributed by atoms with Crippen molar-refractivity contribution in [2.24, 2.45) is 11.8 Å². The molecule has 5 nitrogen and oxygen atoms in total. The van der Waals surface area contributed by atoms with Crippen molar-refractivity contribution in [2.75, 3.05) is 20.2 Å². The molecule has 28 heavy (non-hydrogen) atoms. The van der Waals surface area contributed by atoms with E-state index in [0.29, 0.717) is 6.42 Å². The molecule has 152 valence electrons. The maximum atomic E-state index is 12.2. The molecule has 5 rings (SSSR count). The Bertz CT molecular complexity index is 791. The number of carboxylic acid groups (broad SMARTS) is 1. The van der Waals surface area contributed by atoms with Crippen LogP contribution in [0.25, 0.3) is 0 Å². The molecule has 4 atom stereocenters. The second kappa shape index (κ2) is 6.46. The van der Waals surface area contributed by atoms with Gasteiger partial charge in [0.15, 0.2) is 0 Å². The molecule has 5 heteroatoms. The van der Waals surface area contributed by atoms with Gasteiger partial charge in [-0.2, -0.15) is 0 Å². The number of carboxylic acids is 1. The van der Waals surface area contributed by atoms with E-state index in [0.717, 1.165) is 50.4 Å². The second-order valence-corrected chi connectivity index (χ2v) is 9.64. The van der Waals surface area contributed by atoms with Crippen LogP contribution in [0.4, 0.5) is 0 Å². The number of piperidine rings is 1. The summed E-state index contributed by atoms with van der Waals surface area (Å²) in [7, 11) is 1.68. The molecule has 1 saturated heterocycles. The van der Waals surface area contributed by atoms with Crippen LogP contribution in [0.2, 0.25) is 0 Å². The van der Waals surface area contributed by atoms with Gasteiger partial charge in [-0.25, -0.2) is 0 Å². The van der Waals surface area contributed by atoms with E-state index in [9.17, 15) is 15.0 Å². The summed E-state index contributed by atoms with van der Waals surface area (Å²) in [5.41, 5.74) is 1.41. The first-order valence-corrected chi connectivity index (χ1v) is 10.8. The largest absolute Gasteiger partial charge is 0.497 e. The first-order valence-electron chi connectivity index (χ1n) is 10.8. The minimum Gasteiger partial charge on any atom is -0.497 e. The molecule has 1 aromatic carbocycles. The van der Waals surface area contributed by atoms with E-state index in [4.69, 9.17) is 4.74 Å². The Labute approximate surface area is 166 Å². The molecular formula is C23H31NO4. The van der Waals surface area contributed by atoms with E-state index < -0.39 is 11.6 Å². The van der Waals surface area contributed by atoms with Crippen molar-refractivity contribution in [1.29, 1.82) is 0 Å². The lowest BCUT2D eigenvalue weighted by atomic mass is 9.48. The molecular weight excluding hydrogens is 354 g/mol. The Hall–Kier alpha value is -1.59. The van der Waals surface area contributed by atoms with Gasteiger partial charge in [0.2, 0.25) is 0 Å². The minimum atomic E-state index is -0.769. The predicted octanol–water partition coefficient (Wildman–Crippen LogP) is 2.98. The number of hydrogen-bond acceptors (Lipinski definition) is 4. The Morgan fingerprint density at radius 2 is 2.07 bits per heavy atom. The van der Waals surface area contributed by atoms with Gasteiger partial charge < -0.3 is 14.9 Å².